The summed E-state index contributed by atoms with van der Waals surface area (Å²) in [5, 5.41) is 14.3. The van der Waals surface area contributed by atoms with Gasteiger partial charge in [0, 0.05) is 25.4 Å². The molecule has 0 aromatic rings. The molecule has 0 aromatic heterocycles. The van der Waals surface area contributed by atoms with Crippen LogP contribution >= 0.6 is 0 Å². The van der Waals surface area contributed by atoms with Crippen molar-refractivity contribution in [2.75, 3.05) is 20.1 Å². The van der Waals surface area contributed by atoms with Gasteiger partial charge in [-0.25, -0.2) is 0 Å². The lowest BCUT2D eigenvalue weighted by Crippen LogP contribution is -2.36. The van der Waals surface area contributed by atoms with Gasteiger partial charge in [0.15, 0.2) is 0 Å². The molecule has 2 unspecified atom stereocenters. The maximum Gasteiger partial charge on any atom is 0.303 e. The fourth-order valence-electron chi connectivity index (χ4n) is 1.32. The Kier molecular flexibility index (Phi) is 7.54. The van der Waals surface area contributed by atoms with Crippen LogP contribution < -0.4 is 10.6 Å². The topological polar surface area (TPSA) is 78.4 Å². The first kappa shape index (κ1) is 14.9. The summed E-state index contributed by atoms with van der Waals surface area (Å²) in [6.45, 7) is 4.98. The third-order valence-corrected chi connectivity index (χ3v) is 2.43. The third-order valence-electron chi connectivity index (χ3n) is 2.43. The van der Waals surface area contributed by atoms with Gasteiger partial charge in [-0.05, 0) is 19.4 Å². The fourth-order valence-corrected chi connectivity index (χ4v) is 1.32. The molecule has 16 heavy (non-hydrogen) atoms. The molecule has 0 aliphatic heterocycles. The van der Waals surface area contributed by atoms with Crippen molar-refractivity contribution in [3.05, 3.63) is 0 Å². The molecule has 5 nitrogen and oxygen atoms in total. The van der Waals surface area contributed by atoms with E-state index < -0.39 is 5.97 Å². The maximum absolute atomic E-state index is 11.5. The van der Waals surface area contributed by atoms with E-state index in [-0.39, 0.29) is 24.2 Å². The Bertz CT molecular complexity index is 231. The van der Waals surface area contributed by atoms with E-state index in [9.17, 15) is 9.59 Å². The predicted octanol–water partition coefficient (Wildman–Crippen LogP) is 0.459. The zero-order valence-corrected chi connectivity index (χ0v) is 10.2. The van der Waals surface area contributed by atoms with Crippen LogP contribution in [-0.2, 0) is 9.59 Å². The Hall–Kier alpha value is -1.10. The van der Waals surface area contributed by atoms with Crippen LogP contribution in [0.1, 0.15) is 26.7 Å². The molecule has 0 aromatic carbocycles. The first-order valence-electron chi connectivity index (χ1n) is 5.61. The Morgan fingerprint density at radius 2 is 1.88 bits per heavy atom. The van der Waals surface area contributed by atoms with Gasteiger partial charge in [0.1, 0.15) is 0 Å². The van der Waals surface area contributed by atoms with Gasteiger partial charge in [-0.3, -0.25) is 9.59 Å². The molecule has 0 bridgehead atoms. The Morgan fingerprint density at radius 3 is 2.38 bits per heavy atom. The van der Waals surface area contributed by atoms with Crippen molar-refractivity contribution in [3.8, 4) is 0 Å². The average Bonchev–Trinajstić information content (AvgIpc) is 2.23. The van der Waals surface area contributed by atoms with Gasteiger partial charge >= 0.3 is 5.97 Å². The van der Waals surface area contributed by atoms with E-state index in [0.29, 0.717) is 19.5 Å². The molecule has 0 rings (SSSR count). The number of hydrogen-bond donors (Lipinski definition) is 3. The minimum Gasteiger partial charge on any atom is -0.481 e. The number of hydrogen-bond acceptors (Lipinski definition) is 3. The van der Waals surface area contributed by atoms with Crippen LogP contribution in [0.5, 0.6) is 0 Å². The molecule has 94 valence electrons. The summed E-state index contributed by atoms with van der Waals surface area (Å²) in [4.78, 5) is 21.8. The highest BCUT2D eigenvalue weighted by atomic mass is 16.4. The summed E-state index contributed by atoms with van der Waals surface area (Å²) in [5.74, 6) is -0.642. The lowest BCUT2D eigenvalue weighted by molar-refractivity contribution is -0.137. The van der Waals surface area contributed by atoms with Crippen LogP contribution in [0.15, 0.2) is 0 Å². The Balaban J connectivity index is 3.69. The van der Waals surface area contributed by atoms with E-state index in [1.54, 1.807) is 7.05 Å². The zero-order chi connectivity index (χ0) is 12.6. The number of carboxylic acid groups (broad SMARTS) is 1. The average molecular weight is 230 g/mol. The van der Waals surface area contributed by atoms with Crippen LogP contribution in [0.2, 0.25) is 0 Å². The molecular weight excluding hydrogens is 208 g/mol. The monoisotopic (exact) mass is 230 g/mol. The summed E-state index contributed by atoms with van der Waals surface area (Å²) in [6.07, 6.45) is 0.749. The first-order chi connectivity index (χ1) is 7.47. The molecule has 0 fully saturated rings. The first-order valence-corrected chi connectivity index (χ1v) is 5.61. The van der Waals surface area contributed by atoms with E-state index in [4.69, 9.17) is 5.11 Å². The SMILES string of the molecule is CNCC(C)C(=O)NCC(C)CCC(=O)O. The van der Waals surface area contributed by atoms with Gasteiger partial charge in [0.2, 0.25) is 5.91 Å². The minimum atomic E-state index is -0.790. The molecular formula is C11H22N2O3. The number of carbonyl (C=O) groups is 2. The van der Waals surface area contributed by atoms with E-state index in [0.717, 1.165) is 0 Å². The van der Waals surface area contributed by atoms with E-state index in [1.807, 2.05) is 13.8 Å². The van der Waals surface area contributed by atoms with Gasteiger partial charge in [-0.2, -0.15) is 0 Å². The summed E-state index contributed by atoms with van der Waals surface area (Å²) in [5.41, 5.74) is 0. The highest BCUT2D eigenvalue weighted by Crippen LogP contribution is 2.04. The van der Waals surface area contributed by atoms with Crippen LogP contribution in [0.4, 0.5) is 0 Å². The molecule has 0 heterocycles. The van der Waals surface area contributed by atoms with Crippen molar-refractivity contribution in [2.45, 2.75) is 26.7 Å². The van der Waals surface area contributed by atoms with Gasteiger partial charge < -0.3 is 15.7 Å². The molecule has 0 spiro atoms. The quantitative estimate of drug-likeness (QED) is 0.566. The van der Waals surface area contributed by atoms with Crippen LogP contribution in [-0.4, -0.2) is 37.1 Å². The molecule has 0 radical (unpaired) electrons. The number of rotatable bonds is 8. The van der Waals surface area contributed by atoms with E-state index in [1.165, 1.54) is 0 Å². The van der Waals surface area contributed by atoms with Gasteiger partial charge in [0.05, 0.1) is 0 Å². The van der Waals surface area contributed by atoms with Crippen molar-refractivity contribution in [3.63, 3.8) is 0 Å². The van der Waals surface area contributed by atoms with Crippen LogP contribution in [0.25, 0.3) is 0 Å². The van der Waals surface area contributed by atoms with Crippen LogP contribution in [0, 0.1) is 11.8 Å². The molecule has 0 saturated heterocycles. The summed E-state index contributed by atoms with van der Waals surface area (Å²) in [6, 6.07) is 0. The predicted molar refractivity (Wildman–Crippen MR) is 62.1 cm³/mol. The largest absolute Gasteiger partial charge is 0.481 e. The lowest BCUT2D eigenvalue weighted by atomic mass is 10.1. The number of nitrogens with one attached hydrogen (secondary N) is 2. The lowest BCUT2D eigenvalue weighted by Gasteiger charge is -2.14. The van der Waals surface area contributed by atoms with Gasteiger partial charge in [-0.15, -0.1) is 0 Å². The molecule has 2 atom stereocenters. The Labute approximate surface area is 96.6 Å². The van der Waals surface area contributed by atoms with Crippen LogP contribution in [0.3, 0.4) is 0 Å². The molecule has 0 aliphatic rings. The minimum absolute atomic E-state index is 0.0107. The Morgan fingerprint density at radius 1 is 1.25 bits per heavy atom. The van der Waals surface area contributed by atoms with Crippen molar-refractivity contribution >= 4 is 11.9 Å². The second-order valence-electron chi connectivity index (χ2n) is 4.24. The van der Waals surface area contributed by atoms with E-state index in [2.05, 4.69) is 10.6 Å². The molecule has 5 heteroatoms. The van der Waals surface area contributed by atoms with Crippen molar-refractivity contribution < 1.29 is 14.7 Å². The number of amides is 1. The summed E-state index contributed by atoms with van der Waals surface area (Å²) >= 11 is 0. The number of aliphatic carboxylic acids is 1. The standard InChI is InChI=1S/C11H22N2O3/c1-8(4-5-10(14)15)6-13-11(16)9(2)7-12-3/h8-9,12H,4-7H2,1-3H3,(H,13,16)(H,14,15). The molecule has 0 saturated carbocycles. The van der Waals surface area contributed by atoms with Crippen molar-refractivity contribution in [1.29, 1.82) is 0 Å². The fraction of sp³-hybridized carbons (Fsp3) is 0.818. The van der Waals surface area contributed by atoms with Gasteiger partial charge in [-0.1, -0.05) is 13.8 Å². The number of carboxylic acids is 1. The second kappa shape index (κ2) is 8.10. The smallest absolute Gasteiger partial charge is 0.303 e. The molecule has 0 aliphatic carbocycles. The second-order valence-corrected chi connectivity index (χ2v) is 4.24. The van der Waals surface area contributed by atoms with Crippen molar-refractivity contribution in [1.82, 2.24) is 10.6 Å². The number of carbonyl (C=O) groups excluding carboxylic acids is 1. The van der Waals surface area contributed by atoms with Gasteiger partial charge in [0.25, 0.3) is 0 Å². The van der Waals surface area contributed by atoms with Crippen molar-refractivity contribution in [2.24, 2.45) is 11.8 Å². The normalized spacial score (nSPS) is 14.2. The summed E-state index contributed by atoms with van der Waals surface area (Å²) in [7, 11) is 1.80. The summed E-state index contributed by atoms with van der Waals surface area (Å²) < 4.78 is 0. The molecule has 1 amide bonds. The molecule has 3 N–H and O–H groups in total. The van der Waals surface area contributed by atoms with E-state index >= 15 is 0 Å². The third kappa shape index (κ3) is 7.23. The maximum atomic E-state index is 11.5. The zero-order valence-electron chi connectivity index (χ0n) is 10.2. The highest BCUT2D eigenvalue weighted by Gasteiger charge is 2.12. The highest BCUT2D eigenvalue weighted by molar-refractivity contribution is 5.78.